The van der Waals surface area contributed by atoms with Crippen molar-refractivity contribution in [1.82, 2.24) is 0 Å². The smallest absolute Gasteiger partial charge is 0.387 e. The van der Waals surface area contributed by atoms with Crippen LogP contribution in [0.25, 0.3) is 0 Å². The van der Waals surface area contributed by atoms with Crippen LogP contribution in [0.5, 0.6) is 0 Å². The highest BCUT2D eigenvalue weighted by molar-refractivity contribution is 5.79. The van der Waals surface area contributed by atoms with E-state index < -0.39 is 23.4 Å². The molecule has 1 aromatic carbocycles. The van der Waals surface area contributed by atoms with Gasteiger partial charge in [0.05, 0.1) is 11.4 Å². The first-order valence-corrected chi connectivity index (χ1v) is 3.99. The van der Waals surface area contributed by atoms with Gasteiger partial charge in [0.2, 0.25) is 0 Å². The summed E-state index contributed by atoms with van der Waals surface area (Å²) in [7, 11) is 0. The summed E-state index contributed by atoms with van der Waals surface area (Å²) in [6, 6.07) is 2.30. The molecule has 0 radical (unpaired) electrons. The van der Waals surface area contributed by atoms with Crippen LogP contribution in [0.4, 0.5) is 17.6 Å². The van der Waals surface area contributed by atoms with Crippen molar-refractivity contribution in [2.24, 2.45) is 5.73 Å². The summed E-state index contributed by atoms with van der Waals surface area (Å²) in [4.78, 5) is 0. The van der Waals surface area contributed by atoms with Gasteiger partial charge in [-0.15, -0.1) is 0 Å². The molecule has 0 amide bonds. The molecule has 0 saturated heterocycles. The standard InChI is InChI=1S/C9H8F4N2/c10-6-2-1-5(3-8(14)15)7(4-6)9(11,12)13/h1-2,4H,3H2,(H3,14,15). The zero-order chi connectivity index (χ0) is 11.6. The van der Waals surface area contributed by atoms with E-state index in [-0.39, 0.29) is 12.0 Å². The van der Waals surface area contributed by atoms with Crippen LogP contribution < -0.4 is 5.73 Å². The molecule has 3 N–H and O–H groups in total. The van der Waals surface area contributed by atoms with Crippen molar-refractivity contribution in [3.63, 3.8) is 0 Å². The maximum atomic E-state index is 12.6. The Labute approximate surface area is 83.2 Å². The van der Waals surface area contributed by atoms with Gasteiger partial charge in [-0.1, -0.05) is 6.07 Å². The fraction of sp³-hybridized carbons (Fsp3) is 0.222. The van der Waals surface area contributed by atoms with Crippen LogP contribution in [0.3, 0.4) is 0 Å². The van der Waals surface area contributed by atoms with E-state index in [1.54, 1.807) is 0 Å². The van der Waals surface area contributed by atoms with Crippen LogP contribution in [-0.2, 0) is 12.6 Å². The minimum atomic E-state index is -4.63. The number of hydrogen-bond donors (Lipinski definition) is 2. The highest BCUT2D eigenvalue weighted by atomic mass is 19.4. The Morgan fingerprint density at radius 3 is 2.40 bits per heavy atom. The van der Waals surface area contributed by atoms with E-state index in [4.69, 9.17) is 11.1 Å². The quantitative estimate of drug-likeness (QED) is 0.448. The maximum Gasteiger partial charge on any atom is 0.416 e. The zero-order valence-electron chi connectivity index (χ0n) is 7.53. The van der Waals surface area contributed by atoms with E-state index in [1.165, 1.54) is 0 Å². The molecular formula is C9H8F4N2. The number of alkyl halides is 3. The Bertz CT molecular complexity index is 384. The minimum absolute atomic E-state index is 0.198. The van der Waals surface area contributed by atoms with Gasteiger partial charge in [-0.05, 0) is 17.7 Å². The molecule has 0 spiro atoms. The van der Waals surface area contributed by atoms with Gasteiger partial charge in [0.15, 0.2) is 0 Å². The second-order valence-corrected chi connectivity index (χ2v) is 3.00. The van der Waals surface area contributed by atoms with Gasteiger partial charge < -0.3 is 5.73 Å². The Kier molecular flexibility index (Phi) is 2.97. The summed E-state index contributed by atoms with van der Waals surface area (Å²) < 4.78 is 49.8. The van der Waals surface area contributed by atoms with Crippen molar-refractivity contribution >= 4 is 5.84 Å². The number of halogens is 4. The topological polar surface area (TPSA) is 49.9 Å². The Balaban J connectivity index is 3.20. The van der Waals surface area contributed by atoms with Crippen LogP contribution >= 0.6 is 0 Å². The third-order valence-electron chi connectivity index (χ3n) is 1.76. The molecule has 0 aliphatic heterocycles. The molecule has 1 aromatic rings. The van der Waals surface area contributed by atoms with E-state index in [0.29, 0.717) is 6.07 Å². The molecule has 0 unspecified atom stereocenters. The molecule has 6 heteroatoms. The summed E-state index contributed by atoms with van der Waals surface area (Å²) in [5.41, 5.74) is 3.71. The first-order chi connectivity index (χ1) is 6.80. The normalized spacial score (nSPS) is 11.5. The Morgan fingerprint density at radius 2 is 1.93 bits per heavy atom. The largest absolute Gasteiger partial charge is 0.416 e. The molecule has 15 heavy (non-hydrogen) atoms. The fourth-order valence-electron chi connectivity index (χ4n) is 1.17. The third-order valence-corrected chi connectivity index (χ3v) is 1.76. The minimum Gasteiger partial charge on any atom is -0.387 e. The van der Waals surface area contributed by atoms with Gasteiger partial charge in [-0.3, -0.25) is 5.41 Å². The van der Waals surface area contributed by atoms with Gasteiger partial charge in [0.25, 0.3) is 0 Å². The molecule has 0 saturated carbocycles. The lowest BCUT2D eigenvalue weighted by molar-refractivity contribution is -0.138. The molecule has 0 fully saturated rings. The molecule has 2 nitrogen and oxygen atoms in total. The number of nitrogens with one attached hydrogen (secondary N) is 1. The highest BCUT2D eigenvalue weighted by Gasteiger charge is 2.33. The van der Waals surface area contributed by atoms with Crippen LogP contribution in [0, 0.1) is 11.2 Å². The zero-order valence-corrected chi connectivity index (χ0v) is 7.53. The first-order valence-electron chi connectivity index (χ1n) is 3.99. The van der Waals surface area contributed by atoms with Gasteiger partial charge in [0.1, 0.15) is 5.82 Å². The predicted octanol–water partition coefficient (Wildman–Crippen LogP) is 2.32. The summed E-state index contributed by atoms with van der Waals surface area (Å²) in [6.07, 6.45) is -4.97. The summed E-state index contributed by atoms with van der Waals surface area (Å²) >= 11 is 0. The second kappa shape index (κ2) is 3.88. The van der Waals surface area contributed by atoms with E-state index in [1.807, 2.05) is 0 Å². The van der Waals surface area contributed by atoms with Crippen LogP contribution in [0.15, 0.2) is 18.2 Å². The van der Waals surface area contributed by atoms with Gasteiger partial charge in [0, 0.05) is 6.42 Å². The Hall–Kier alpha value is -1.59. The molecule has 0 aliphatic rings. The van der Waals surface area contributed by atoms with E-state index in [9.17, 15) is 17.6 Å². The van der Waals surface area contributed by atoms with Crippen molar-refractivity contribution in [1.29, 1.82) is 5.41 Å². The van der Waals surface area contributed by atoms with Crippen LogP contribution in [0.2, 0.25) is 0 Å². The lowest BCUT2D eigenvalue weighted by Crippen LogP contribution is -2.17. The average molecular weight is 220 g/mol. The van der Waals surface area contributed by atoms with Crippen molar-refractivity contribution in [2.45, 2.75) is 12.6 Å². The Morgan fingerprint density at radius 1 is 1.33 bits per heavy atom. The second-order valence-electron chi connectivity index (χ2n) is 3.00. The lowest BCUT2D eigenvalue weighted by atomic mass is 10.0. The number of nitrogens with two attached hydrogens (primary N) is 1. The van der Waals surface area contributed by atoms with Gasteiger partial charge in [-0.2, -0.15) is 13.2 Å². The van der Waals surface area contributed by atoms with Crippen LogP contribution in [0.1, 0.15) is 11.1 Å². The van der Waals surface area contributed by atoms with Crippen molar-refractivity contribution in [2.75, 3.05) is 0 Å². The molecule has 1 rings (SSSR count). The van der Waals surface area contributed by atoms with E-state index in [2.05, 4.69) is 0 Å². The lowest BCUT2D eigenvalue weighted by Gasteiger charge is -2.12. The molecule has 0 bridgehead atoms. The van der Waals surface area contributed by atoms with Crippen molar-refractivity contribution in [3.8, 4) is 0 Å². The van der Waals surface area contributed by atoms with Crippen molar-refractivity contribution in [3.05, 3.63) is 35.1 Å². The SMILES string of the molecule is N=C(N)Cc1ccc(F)cc1C(F)(F)F. The molecule has 0 aliphatic carbocycles. The molecule has 0 aromatic heterocycles. The number of hydrogen-bond acceptors (Lipinski definition) is 1. The van der Waals surface area contributed by atoms with Gasteiger partial charge in [-0.25, -0.2) is 4.39 Å². The third kappa shape index (κ3) is 2.93. The van der Waals surface area contributed by atoms with Crippen LogP contribution in [-0.4, -0.2) is 5.84 Å². The summed E-state index contributed by atoms with van der Waals surface area (Å²) in [6.45, 7) is 0. The number of rotatable bonds is 2. The van der Waals surface area contributed by atoms with E-state index >= 15 is 0 Å². The van der Waals surface area contributed by atoms with E-state index in [0.717, 1.165) is 12.1 Å². The summed E-state index contributed by atoms with van der Waals surface area (Å²) in [5, 5.41) is 6.90. The summed E-state index contributed by atoms with van der Waals surface area (Å²) in [5.74, 6) is -1.36. The highest BCUT2D eigenvalue weighted by Crippen LogP contribution is 2.32. The van der Waals surface area contributed by atoms with Gasteiger partial charge >= 0.3 is 6.18 Å². The predicted molar refractivity (Wildman–Crippen MR) is 47.0 cm³/mol. The molecule has 0 heterocycles. The fourth-order valence-corrected chi connectivity index (χ4v) is 1.17. The number of amidine groups is 1. The number of benzene rings is 1. The monoisotopic (exact) mass is 220 g/mol. The molecule has 0 atom stereocenters. The first kappa shape index (κ1) is 11.5. The van der Waals surface area contributed by atoms with Crippen molar-refractivity contribution < 1.29 is 17.6 Å². The average Bonchev–Trinajstić information content (AvgIpc) is 2.05. The molecular weight excluding hydrogens is 212 g/mol. The molecule has 82 valence electrons. The maximum absolute atomic E-state index is 12.6.